The third-order valence-corrected chi connectivity index (χ3v) is 3.66. The second kappa shape index (κ2) is 7.99. The zero-order valence-electron chi connectivity index (χ0n) is 14.7. The Balaban J connectivity index is 1.78. The van der Waals surface area contributed by atoms with Crippen molar-refractivity contribution < 1.29 is 22.7 Å². The molecule has 10 heteroatoms. The first-order valence-electron chi connectivity index (χ1n) is 8.13. The van der Waals surface area contributed by atoms with Gasteiger partial charge in [0, 0.05) is 5.69 Å². The number of anilines is 2. The highest BCUT2D eigenvalue weighted by Gasteiger charge is 2.28. The van der Waals surface area contributed by atoms with Crippen molar-refractivity contribution in [2.24, 2.45) is 0 Å². The minimum atomic E-state index is -4.51. The molecule has 0 aliphatic carbocycles. The Bertz CT molecular complexity index is 957. The lowest BCUT2D eigenvalue weighted by Crippen LogP contribution is -2.33. The van der Waals surface area contributed by atoms with Crippen LogP contribution in [-0.4, -0.2) is 40.5 Å². The van der Waals surface area contributed by atoms with Crippen molar-refractivity contribution in [3.8, 4) is 11.4 Å². The summed E-state index contributed by atoms with van der Waals surface area (Å²) >= 11 is 0. The summed E-state index contributed by atoms with van der Waals surface area (Å²) in [6.45, 7) is -1.43. The number of alkyl halides is 3. The Hall–Kier alpha value is -3.56. The molecular weight excluding hydrogens is 375 g/mol. The van der Waals surface area contributed by atoms with Crippen LogP contribution in [0, 0.1) is 0 Å². The average Bonchev–Trinajstić information content (AvgIpc) is 3.14. The normalized spacial score (nSPS) is 11.1. The Morgan fingerprint density at radius 1 is 1.18 bits per heavy atom. The van der Waals surface area contributed by atoms with Gasteiger partial charge in [-0.1, -0.05) is 18.2 Å². The van der Waals surface area contributed by atoms with Crippen LogP contribution in [0.15, 0.2) is 54.9 Å². The molecule has 0 atom stereocenters. The SMILES string of the molecule is COc1ccc(Nc2ncn(-c3ccccc3)n2)cc1C(=O)NCC(F)(F)F. The summed E-state index contributed by atoms with van der Waals surface area (Å²) in [7, 11) is 1.33. The molecule has 0 aliphatic heterocycles. The van der Waals surface area contributed by atoms with E-state index >= 15 is 0 Å². The molecule has 3 rings (SSSR count). The number of amides is 1. The van der Waals surface area contributed by atoms with Gasteiger partial charge in [0.15, 0.2) is 0 Å². The molecule has 0 saturated carbocycles. The molecule has 1 amide bonds. The maximum absolute atomic E-state index is 12.3. The van der Waals surface area contributed by atoms with E-state index in [1.807, 2.05) is 35.6 Å². The smallest absolute Gasteiger partial charge is 0.405 e. The molecule has 0 fully saturated rings. The van der Waals surface area contributed by atoms with Crippen LogP contribution in [0.25, 0.3) is 5.69 Å². The molecule has 0 saturated heterocycles. The van der Waals surface area contributed by atoms with Gasteiger partial charge in [-0.15, -0.1) is 5.10 Å². The van der Waals surface area contributed by atoms with Crippen LogP contribution in [0.1, 0.15) is 10.4 Å². The van der Waals surface area contributed by atoms with Crippen LogP contribution in [0.2, 0.25) is 0 Å². The van der Waals surface area contributed by atoms with Gasteiger partial charge < -0.3 is 15.4 Å². The number of para-hydroxylation sites is 1. The van der Waals surface area contributed by atoms with Crippen LogP contribution in [0.5, 0.6) is 5.75 Å². The lowest BCUT2D eigenvalue weighted by molar-refractivity contribution is -0.123. The number of carbonyl (C=O) groups excluding carboxylic acids is 1. The summed E-state index contributed by atoms with van der Waals surface area (Å²) in [5, 5.41) is 9.01. The van der Waals surface area contributed by atoms with Gasteiger partial charge in [0.25, 0.3) is 5.91 Å². The Morgan fingerprint density at radius 2 is 1.93 bits per heavy atom. The van der Waals surface area contributed by atoms with Crippen molar-refractivity contribution in [2.75, 3.05) is 19.0 Å². The number of halogens is 3. The molecule has 1 aromatic heterocycles. The first kappa shape index (κ1) is 19.2. The van der Waals surface area contributed by atoms with Crippen LogP contribution >= 0.6 is 0 Å². The molecule has 0 spiro atoms. The molecule has 2 N–H and O–H groups in total. The number of ether oxygens (including phenoxy) is 1. The van der Waals surface area contributed by atoms with Crippen molar-refractivity contribution in [1.29, 1.82) is 0 Å². The molecule has 0 radical (unpaired) electrons. The predicted octanol–water partition coefficient (Wildman–Crippen LogP) is 3.31. The van der Waals surface area contributed by atoms with E-state index in [1.165, 1.54) is 25.6 Å². The highest BCUT2D eigenvalue weighted by Crippen LogP contribution is 2.24. The molecule has 1 heterocycles. The van der Waals surface area contributed by atoms with Gasteiger partial charge in [-0.25, -0.2) is 4.68 Å². The molecule has 2 aromatic carbocycles. The molecule has 3 aromatic rings. The minimum Gasteiger partial charge on any atom is -0.496 e. The van der Waals surface area contributed by atoms with Gasteiger partial charge in [0.2, 0.25) is 5.95 Å². The van der Waals surface area contributed by atoms with E-state index < -0.39 is 18.6 Å². The van der Waals surface area contributed by atoms with E-state index in [2.05, 4.69) is 15.4 Å². The van der Waals surface area contributed by atoms with Gasteiger partial charge in [-0.3, -0.25) is 4.79 Å². The average molecular weight is 391 g/mol. The van der Waals surface area contributed by atoms with Crippen molar-refractivity contribution >= 4 is 17.5 Å². The standard InChI is InChI=1S/C18H16F3N5O2/c1-28-15-8-7-12(9-14(15)16(27)22-10-18(19,20)21)24-17-23-11-26(25-17)13-5-3-2-4-6-13/h2-9,11H,10H2,1H3,(H,22,27)(H,24,25). The first-order chi connectivity index (χ1) is 13.4. The Labute approximate surface area is 158 Å². The zero-order valence-corrected chi connectivity index (χ0v) is 14.7. The number of aromatic nitrogens is 3. The number of hydrogen-bond donors (Lipinski definition) is 2. The lowest BCUT2D eigenvalue weighted by atomic mass is 10.1. The van der Waals surface area contributed by atoms with Crippen LogP contribution in [-0.2, 0) is 0 Å². The third kappa shape index (κ3) is 4.78. The summed E-state index contributed by atoms with van der Waals surface area (Å²) in [6.07, 6.45) is -2.99. The van der Waals surface area contributed by atoms with Gasteiger partial charge in [0.05, 0.1) is 18.4 Å². The van der Waals surface area contributed by atoms with Crippen molar-refractivity contribution in [2.45, 2.75) is 6.18 Å². The second-order valence-corrected chi connectivity index (χ2v) is 5.69. The minimum absolute atomic E-state index is 0.0424. The fraction of sp³-hybridized carbons (Fsp3) is 0.167. The highest BCUT2D eigenvalue weighted by molar-refractivity contribution is 5.98. The molecular formula is C18H16F3N5O2. The topological polar surface area (TPSA) is 81.1 Å². The Morgan fingerprint density at radius 3 is 2.61 bits per heavy atom. The third-order valence-electron chi connectivity index (χ3n) is 3.66. The van der Waals surface area contributed by atoms with E-state index in [0.29, 0.717) is 5.69 Å². The van der Waals surface area contributed by atoms with E-state index in [9.17, 15) is 18.0 Å². The van der Waals surface area contributed by atoms with E-state index in [0.717, 1.165) is 5.69 Å². The summed E-state index contributed by atoms with van der Waals surface area (Å²) in [5.74, 6) is -0.496. The molecule has 7 nitrogen and oxygen atoms in total. The predicted molar refractivity (Wildman–Crippen MR) is 96.0 cm³/mol. The van der Waals surface area contributed by atoms with Crippen LogP contribution in [0.4, 0.5) is 24.8 Å². The van der Waals surface area contributed by atoms with Gasteiger partial charge >= 0.3 is 6.18 Å². The highest BCUT2D eigenvalue weighted by atomic mass is 19.4. The fourth-order valence-corrected chi connectivity index (χ4v) is 2.39. The molecule has 28 heavy (non-hydrogen) atoms. The number of hydrogen-bond acceptors (Lipinski definition) is 5. The van der Waals surface area contributed by atoms with Crippen LogP contribution in [0.3, 0.4) is 0 Å². The van der Waals surface area contributed by atoms with Crippen molar-refractivity contribution in [3.63, 3.8) is 0 Å². The molecule has 0 bridgehead atoms. The monoisotopic (exact) mass is 391 g/mol. The number of rotatable bonds is 6. The summed E-state index contributed by atoms with van der Waals surface area (Å²) in [6, 6.07) is 13.8. The zero-order chi connectivity index (χ0) is 20.1. The maximum atomic E-state index is 12.3. The summed E-state index contributed by atoms with van der Waals surface area (Å²) in [4.78, 5) is 16.2. The van der Waals surface area contributed by atoms with E-state index in [4.69, 9.17) is 4.74 Å². The van der Waals surface area contributed by atoms with Gasteiger partial charge in [-0.2, -0.15) is 18.2 Å². The molecule has 146 valence electrons. The number of nitrogens with zero attached hydrogens (tertiary/aromatic N) is 3. The largest absolute Gasteiger partial charge is 0.496 e. The second-order valence-electron chi connectivity index (χ2n) is 5.69. The lowest BCUT2D eigenvalue weighted by Gasteiger charge is -2.12. The van der Waals surface area contributed by atoms with Crippen LogP contribution < -0.4 is 15.4 Å². The van der Waals surface area contributed by atoms with Crippen molar-refractivity contribution in [1.82, 2.24) is 20.1 Å². The van der Waals surface area contributed by atoms with E-state index in [-0.39, 0.29) is 17.3 Å². The first-order valence-corrected chi connectivity index (χ1v) is 8.13. The Kier molecular flexibility index (Phi) is 5.48. The maximum Gasteiger partial charge on any atom is 0.405 e. The molecule has 0 unspecified atom stereocenters. The van der Waals surface area contributed by atoms with Crippen molar-refractivity contribution in [3.05, 3.63) is 60.4 Å². The number of nitrogens with one attached hydrogen (secondary N) is 2. The van der Waals surface area contributed by atoms with Gasteiger partial charge in [-0.05, 0) is 30.3 Å². The van der Waals surface area contributed by atoms with Gasteiger partial charge in [0.1, 0.15) is 18.6 Å². The number of benzene rings is 2. The number of carbonyl (C=O) groups is 1. The molecule has 0 aliphatic rings. The quantitative estimate of drug-likeness (QED) is 0.674. The summed E-state index contributed by atoms with van der Waals surface area (Å²) in [5.41, 5.74) is 1.19. The summed E-state index contributed by atoms with van der Waals surface area (Å²) < 4.78 is 43.7. The van der Waals surface area contributed by atoms with E-state index in [1.54, 1.807) is 10.7 Å². The fourth-order valence-electron chi connectivity index (χ4n) is 2.39. The number of methoxy groups -OCH3 is 1.